The van der Waals surface area contributed by atoms with E-state index in [1.807, 2.05) is 19.2 Å². The molecule has 1 unspecified atom stereocenters. The second-order valence-corrected chi connectivity index (χ2v) is 4.32. The van der Waals surface area contributed by atoms with E-state index in [1.165, 1.54) is 12.8 Å². The molecule has 4 nitrogen and oxygen atoms in total. The summed E-state index contributed by atoms with van der Waals surface area (Å²) in [5.41, 5.74) is 6.31. The number of ether oxygens (including phenoxy) is 1. The Balaban J connectivity index is 1.91. The number of hydrogen-bond acceptors (Lipinski definition) is 4. The first-order valence-electron chi connectivity index (χ1n) is 5.80. The van der Waals surface area contributed by atoms with Gasteiger partial charge in [0.1, 0.15) is 5.82 Å². The van der Waals surface area contributed by atoms with Crippen LogP contribution >= 0.6 is 0 Å². The van der Waals surface area contributed by atoms with Crippen LogP contribution in [0, 0.1) is 0 Å². The predicted octanol–water partition coefficient (Wildman–Crippen LogP) is 1.67. The zero-order valence-corrected chi connectivity index (χ0v) is 9.72. The van der Waals surface area contributed by atoms with Crippen LogP contribution in [0.2, 0.25) is 0 Å². The van der Waals surface area contributed by atoms with E-state index in [0.29, 0.717) is 11.8 Å². The van der Waals surface area contributed by atoms with E-state index in [0.717, 1.165) is 25.4 Å². The molecule has 0 aromatic carbocycles. The number of pyridine rings is 1. The first-order valence-corrected chi connectivity index (χ1v) is 5.80. The lowest BCUT2D eigenvalue weighted by Gasteiger charge is -2.28. The molecule has 0 aliphatic carbocycles. The highest BCUT2D eigenvalue weighted by molar-refractivity contribution is 5.45. The standard InChI is InChI=1S/C12H19N3O/c1-15(9-11-4-2-3-7-16-11)12-6-5-10(13)8-14-12/h5-6,8,11H,2-4,7,9,13H2,1H3. The van der Waals surface area contributed by atoms with Gasteiger partial charge in [-0.05, 0) is 31.4 Å². The fourth-order valence-electron chi connectivity index (χ4n) is 1.97. The van der Waals surface area contributed by atoms with Crippen molar-refractivity contribution in [3.63, 3.8) is 0 Å². The van der Waals surface area contributed by atoms with E-state index < -0.39 is 0 Å². The largest absolute Gasteiger partial charge is 0.397 e. The number of aromatic nitrogens is 1. The van der Waals surface area contributed by atoms with Crippen LogP contribution in [0.1, 0.15) is 19.3 Å². The highest BCUT2D eigenvalue weighted by atomic mass is 16.5. The highest BCUT2D eigenvalue weighted by Gasteiger charge is 2.16. The van der Waals surface area contributed by atoms with Gasteiger partial charge in [-0.25, -0.2) is 4.98 Å². The topological polar surface area (TPSA) is 51.4 Å². The van der Waals surface area contributed by atoms with E-state index in [4.69, 9.17) is 10.5 Å². The lowest BCUT2D eigenvalue weighted by atomic mass is 10.1. The third kappa shape index (κ3) is 2.85. The monoisotopic (exact) mass is 221 g/mol. The number of anilines is 2. The second kappa shape index (κ2) is 5.16. The number of nitrogens with two attached hydrogens (primary N) is 1. The summed E-state index contributed by atoms with van der Waals surface area (Å²) in [6.07, 6.45) is 5.65. The third-order valence-corrected chi connectivity index (χ3v) is 2.91. The van der Waals surface area contributed by atoms with Crippen LogP contribution in [0.5, 0.6) is 0 Å². The van der Waals surface area contributed by atoms with Crippen LogP contribution in [-0.4, -0.2) is 31.3 Å². The molecule has 2 rings (SSSR count). The summed E-state index contributed by atoms with van der Waals surface area (Å²) in [5, 5.41) is 0. The van der Waals surface area contributed by atoms with Gasteiger partial charge in [0.2, 0.25) is 0 Å². The molecule has 0 saturated carbocycles. The molecule has 0 radical (unpaired) electrons. The van der Waals surface area contributed by atoms with Crippen LogP contribution in [-0.2, 0) is 4.74 Å². The van der Waals surface area contributed by atoms with Crippen molar-refractivity contribution in [2.24, 2.45) is 0 Å². The van der Waals surface area contributed by atoms with Crippen LogP contribution in [0.4, 0.5) is 11.5 Å². The number of nitrogen functional groups attached to an aromatic ring is 1. The van der Waals surface area contributed by atoms with Gasteiger partial charge in [-0.15, -0.1) is 0 Å². The average Bonchev–Trinajstić information content (AvgIpc) is 2.31. The maximum atomic E-state index is 5.70. The molecule has 0 bridgehead atoms. The van der Waals surface area contributed by atoms with Crippen LogP contribution < -0.4 is 10.6 Å². The molecule has 2 N–H and O–H groups in total. The van der Waals surface area contributed by atoms with Crippen molar-refractivity contribution in [1.29, 1.82) is 0 Å². The summed E-state index contributed by atoms with van der Waals surface area (Å²) >= 11 is 0. The Morgan fingerprint density at radius 3 is 3.00 bits per heavy atom. The Morgan fingerprint density at radius 1 is 1.50 bits per heavy atom. The molecule has 1 aromatic heterocycles. The molecular weight excluding hydrogens is 202 g/mol. The van der Waals surface area contributed by atoms with Gasteiger partial charge < -0.3 is 15.4 Å². The maximum Gasteiger partial charge on any atom is 0.128 e. The molecule has 0 spiro atoms. The minimum atomic E-state index is 0.345. The smallest absolute Gasteiger partial charge is 0.128 e. The molecule has 2 heterocycles. The minimum absolute atomic E-state index is 0.345. The summed E-state index contributed by atoms with van der Waals surface area (Å²) in [6, 6.07) is 3.82. The van der Waals surface area contributed by atoms with E-state index in [2.05, 4.69) is 9.88 Å². The lowest BCUT2D eigenvalue weighted by molar-refractivity contribution is 0.0215. The fraction of sp³-hybridized carbons (Fsp3) is 0.583. The Morgan fingerprint density at radius 2 is 2.38 bits per heavy atom. The Labute approximate surface area is 96.4 Å². The van der Waals surface area contributed by atoms with Gasteiger partial charge in [0.15, 0.2) is 0 Å². The SMILES string of the molecule is CN(CC1CCCCO1)c1ccc(N)cn1. The summed E-state index contributed by atoms with van der Waals surface area (Å²) in [6.45, 7) is 1.80. The number of likely N-dealkylation sites (N-methyl/N-ethyl adjacent to an activating group) is 1. The van der Waals surface area contributed by atoms with E-state index in [-0.39, 0.29) is 0 Å². The summed E-state index contributed by atoms with van der Waals surface area (Å²) in [4.78, 5) is 6.41. The molecule has 0 amide bonds. The first-order chi connectivity index (χ1) is 7.75. The Kier molecular flexibility index (Phi) is 3.62. The Bertz CT molecular complexity index is 320. The minimum Gasteiger partial charge on any atom is -0.397 e. The molecule has 1 atom stereocenters. The molecule has 1 saturated heterocycles. The molecule has 1 aromatic rings. The molecular formula is C12H19N3O. The maximum absolute atomic E-state index is 5.70. The van der Waals surface area contributed by atoms with Gasteiger partial charge in [-0.1, -0.05) is 0 Å². The van der Waals surface area contributed by atoms with Crippen molar-refractivity contribution in [3.05, 3.63) is 18.3 Å². The predicted molar refractivity (Wildman–Crippen MR) is 65.5 cm³/mol. The first kappa shape index (κ1) is 11.2. The normalized spacial score (nSPS) is 20.7. The van der Waals surface area contributed by atoms with Crippen molar-refractivity contribution >= 4 is 11.5 Å². The molecule has 1 fully saturated rings. The summed E-state index contributed by atoms with van der Waals surface area (Å²) < 4.78 is 5.70. The number of hydrogen-bond donors (Lipinski definition) is 1. The third-order valence-electron chi connectivity index (χ3n) is 2.91. The van der Waals surface area contributed by atoms with Crippen molar-refractivity contribution in [3.8, 4) is 0 Å². The van der Waals surface area contributed by atoms with E-state index in [9.17, 15) is 0 Å². The van der Waals surface area contributed by atoms with Gasteiger partial charge in [-0.2, -0.15) is 0 Å². The quantitative estimate of drug-likeness (QED) is 0.843. The van der Waals surface area contributed by atoms with Gasteiger partial charge in [0, 0.05) is 20.2 Å². The van der Waals surface area contributed by atoms with Gasteiger partial charge in [0.25, 0.3) is 0 Å². The molecule has 16 heavy (non-hydrogen) atoms. The number of rotatable bonds is 3. The van der Waals surface area contributed by atoms with Crippen molar-refractivity contribution in [2.45, 2.75) is 25.4 Å². The van der Waals surface area contributed by atoms with E-state index >= 15 is 0 Å². The average molecular weight is 221 g/mol. The molecule has 1 aliphatic rings. The van der Waals surface area contributed by atoms with Gasteiger partial charge in [-0.3, -0.25) is 0 Å². The summed E-state index contributed by atoms with van der Waals surface area (Å²) in [7, 11) is 2.04. The van der Waals surface area contributed by atoms with Crippen molar-refractivity contribution in [2.75, 3.05) is 30.8 Å². The zero-order valence-electron chi connectivity index (χ0n) is 9.72. The lowest BCUT2D eigenvalue weighted by Crippen LogP contribution is -2.33. The van der Waals surface area contributed by atoms with Crippen LogP contribution in [0.15, 0.2) is 18.3 Å². The zero-order chi connectivity index (χ0) is 11.4. The van der Waals surface area contributed by atoms with Crippen LogP contribution in [0.3, 0.4) is 0 Å². The van der Waals surface area contributed by atoms with E-state index in [1.54, 1.807) is 6.20 Å². The Hall–Kier alpha value is -1.29. The van der Waals surface area contributed by atoms with Crippen LogP contribution in [0.25, 0.3) is 0 Å². The molecule has 88 valence electrons. The fourth-order valence-corrected chi connectivity index (χ4v) is 1.97. The molecule has 1 aliphatic heterocycles. The molecule has 4 heteroatoms. The van der Waals surface area contributed by atoms with Crippen molar-refractivity contribution in [1.82, 2.24) is 4.98 Å². The highest BCUT2D eigenvalue weighted by Crippen LogP contribution is 2.16. The second-order valence-electron chi connectivity index (χ2n) is 4.32. The summed E-state index contributed by atoms with van der Waals surface area (Å²) in [5.74, 6) is 0.948. The van der Waals surface area contributed by atoms with Gasteiger partial charge in [0.05, 0.1) is 18.0 Å². The van der Waals surface area contributed by atoms with Gasteiger partial charge >= 0.3 is 0 Å². The van der Waals surface area contributed by atoms with Crippen molar-refractivity contribution < 1.29 is 4.74 Å². The number of nitrogens with zero attached hydrogens (tertiary/aromatic N) is 2.